The van der Waals surface area contributed by atoms with Crippen LogP contribution in [0.25, 0.3) is 0 Å². The van der Waals surface area contributed by atoms with E-state index in [2.05, 4.69) is 5.32 Å². The Morgan fingerprint density at radius 1 is 0.920 bits per heavy atom. The van der Waals surface area contributed by atoms with Gasteiger partial charge in [0.05, 0.1) is 11.4 Å². The summed E-state index contributed by atoms with van der Waals surface area (Å²) in [7, 11) is 0. The molecule has 4 amide bonds. The van der Waals surface area contributed by atoms with Gasteiger partial charge in [-0.15, -0.1) is 11.3 Å². The van der Waals surface area contributed by atoms with Crippen molar-refractivity contribution in [1.29, 1.82) is 0 Å². The minimum atomic E-state index is -0.220. The third-order valence-corrected chi connectivity index (χ3v) is 5.54. The van der Waals surface area contributed by atoms with Crippen molar-refractivity contribution in [2.45, 2.75) is 19.3 Å². The Morgan fingerprint density at radius 2 is 1.56 bits per heavy atom. The van der Waals surface area contributed by atoms with Crippen LogP contribution in [-0.2, 0) is 4.79 Å². The van der Waals surface area contributed by atoms with Crippen molar-refractivity contribution in [3.05, 3.63) is 22.4 Å². The molecular formula is C17H24N4O3S. The Bertz CT molecular complexity index is 605. The summed E-state index contributed by atoms with van der Waals surface area (Å²) < 4.78 is 0. The van der Waals surface area contributed by atoms with E-state index in [1.165, 1.54) is 17.8 Å². The number of likely N-dealkylation sites (tertiary alicyclic amines) is 1. The highest BCUT2D eigenvalue weighted by atomic mass is 32.1. The Hall–Kier alpha value is -2.09. The lowest BCUT2D eigenvalue weighted by molar-refractivity contribution is -0.131. The summed E-state index contributed by atoms with van der Waals surface area (Å²) >= 11 is 1.35. The van der Waals surface area contributed by atoms with E-state index in [0.717, 1.165) is 25.9 Å². The van der Waals surface area contributed by atoms with Crippen LogP contribution in [0.2, 0.25) is 0 Å². The lowest BCUT2D eigenvalue weighted by Crippen LogP contribution is -2.55. The number of piperidine rings is 1. The molecule has 8 heteroatoms. The fourth-order valence-corrected chi connectivity index (χ4v) is 3.83. The maximum absolute atomic E-state index is 12.5. The van der Waals surface area contributed by atoms with Crippen LogP contribution < -0.4 is 5.32 Å². The highest BCUT2D eigenvalue weighted by Gasteiger charge is 2.27. The predicted molar refractivity (Wildman–Crippen MR) is 95.6 cm³/mol. The Kier molecular flexibility index (Phi) is 5.91. The molecule has 0 aliphatic carbocycles. The minimum Gasteiger partial charge on any atom is -0.342 e. The molecule has 2 aliphatic rings. The van der Waals surface area contributed by atoms with Crippen molar-refractivity contribution >= 4 is 29.2 Å². The van der Waals surface area contributed by atoms with Crippen molar-refractivity contribution < 1.29 is 14.4 Å². The molecule has 1 aromatic heterocycles. The lowest BCUT2D eigenvalue weighted by atomic mass is 10.1. The van der Waals surface area contributed by atoms with Crippen molar-refractivity contribution in [3.63, 3.8) is 0 Å². The molecule has 3 heterocycles. The zero-order valence-electron chi connectivity index (χ0n) is 14.3. The molecule has 0 aromatic carbocycles. The van der Waals surface area contributed by atoms with Crippen LogP contribution in [0.3, 0.4) is 0 Å². The third-order valence-electron chi connectivity index (χ3n) is 4.67. The van der Waals surface area contributed by atoms with Crippen LogP contribution in [0, 0.1) is 0 Å². The van der Waals surface area contributed by atoms with Crippen LogP contribution in [0.15, 0.2) is 17.5 Å². The van der Waals surface area contributed by atoms with Crippen LogP contribution in [0.4, 0.5) is 4.79 Å². The van der Waals surface area contributed by atoms with Gasteiger partial charge < -0.3 is 20.0 Å². The summed E-state index contributed by atoms with van der Waals surface area (Å²) in [5, 5.41) is 4.49. The zero-order valence-corrected chi connectivity index (χ0v) is 15.1. The summed E-state index contributed by atoms with van der Waals surface area (Å²) in [4.78, 5) is 42.7. The molecule has 0 bridgehead atoms. The number of carbonyl (C=O) groups excluding carboxylic acids is 3. The van der Waals surface area contributed by atoms with Gasteiger partial charge in [-0.3, -0.25) is 9.59 Å². The van der Waals surface area contributed by atoms with Gasteiger partial charge in [0.2, 0.25) is 5.91 Å². The number of rotatable bonds is 3. The van der Waals surface area contributed by atoms with Crippen molar-refractivity contribution in [2.24, 2.45) is 0 Å². The number of urea groups is 1. The second-order valence-corrected chi connectivity index (χ2v) is 7.31. The molecule has 2 aliphatic heterocycles. The fourth-order valence-electron chi connectivity index (χ4n) is 3.19. The Morgan fingerprint density at radius 3 is 2.20 bits per heavy atom. The largest absolute Gasteiger partial charge is 0.342 e. The minimum absolute atomic E-state index is 0.00317. The summed E-state index contributed by atoms with van der Waals surface area (Å²) in [5.41, 5.74) is 0. The topological polar surface area (TPSA) is 73.0 Å². The Labute approximate surface area is 151 Å². The van der Waals surface area contributed by atoms with E-state index in [4.69, 9.17) is 0 Å². The molecule has 136 valence electrons. The molecule has 7 nitrogen and oxygen atoms in total. The predicted octanol–water partition coefficient (Wildman–Crippen LogP) is 1.23. The van der Waals surface area contributed by atoms with Crippen molar-refractivity contribution in [1.82, 2.24) is 20.0 Å². The number of carbonyl (C=O) groups is 3. The van der Waals surface area contributed by atoms with Gasteiger partial charge in [0, 0.05) is 39.3 Å². The highest BCUT2D eigenvalue weighted by molar-refractivity contribution is 7.12. The van der Waals surface area contributed by atoms with E-state index in [1.54, 1.807) is 17.0 Å². The molecule has 0 saturated carbocycles. The highest BCUT2D eigenvalue weighted by Crippen LogP contribution is 2.13. The van der Waals surface area contributed by atoms with Crippen LogP contribution >= 0.6 is 11.3 Å². The first-order valence-corrected chi connectivity index (χ1v) is 9.66. The molecule has 0 atom stereocenters. The number of thiophene rings is 1. The average molecular weight is 364 g/mol. The molecule has 1 N–H and O–H groups in total. The third kappa shape index (κ3) is 4.50. The first-order chi connectivity index (χ1) is 12.1. The molecule has 2 saturated heterocycles. The maximum atomic E-state index is 12.5. The number of amides is 4. The van der Waals surface area contributed by atoms with Gasteiger partial charge in [-0.2, -0.15) is 0 Å². The molecular weight excluding hydrogens is 340 g/mol. The smallest absolute Gasteiger partial charge is 0.320 e. The molecule has 0 radical (unpaired) electrons. The first-order valence-electron chi connectivity index (χ1n) is 8.78. The van der Waals surface area contributed by atoms with E-state index in [1.807, 2.05) is 15.2 Å². The summed E-state index contributed by atoms with van der Waals surface area (Å²) in [6.07, 6.45) is 3.35. The second-order valence-electron chi connectivity index (χ2n) is 6.36. The van der Waals surface area contributed by atoms with Gasteiger partial charge in [-0.1, -0.05) is 6.07 Å². The number of piperazine rings is 1. The average Bonchev–Trinajstić information content (AvgIpc) is 3.21. The number of hydrogen-bond donors (Lipinski definition) is 1. The summed E-state index contributed by atoms with van der Waals surface area (Å²) in [6, 6.07) is 3.63. The van der Waals surface area contributed by atoms with E-state index in [0.29, 0.717) is 31.1 Å². The molecule has 25 heavy (non-hydrogen) atoms. The van der Waals surface area contributed by atoms with Gasteiger partial charge in [-0.25, -0.2) is 4.79 Å². The van der Waals surface area contributed by atoms with Crippen LogP contribution in [-0.4, -0.2) is 78.4 Å². The van der Waals surface area contributed by atoms with Gasteiger partial charge >= 0.3 is 6.03 Å². The maximum Gasteiger partial charge on any atom is 0.320 e. The van der Waals surface area contributed by atoms with Gasteiger partial charge in [0.15, 0.2) is 0 Å². The van der Waals surface area contributed by atoms with E-state index in [-0.39, 0.29) is 24.4 Å². The summed E-state index contributed by atoms with van der Waals surface area (Å²) in [6.45, 7) is 3.83. The molecule has 0 unspecified atom stereocenters. The monoisotopic (exact) mass is 364 g/mol. The molecule has 0 spiro atoms. The molecule has 1 aromatic rings. The van der Waals surface area contributed by atoms with Gasteiger partial charge in [0.25, 0.3) is 5.91 Å². The fraction of sp³-hybridized carbons (Fsp3) is 0.588. The molecule has 3 rings (SSSR count). The SMILES string of the molecule is O=C(NCC(=O)N1CCN(C(=O)N2CCCCC2)CC1)c1cccs1. The second kappa shape index (κ2) is 8.33. The quantitative estimate of drug-likeness (QED) is 0.877. The first kappa shape index (κ1) is 17.7. The number of nitrogens with zero attached hydrogens (tertiary/aromatic N) is 3. The van der Waals surface area contributed by atoms with Crippen molar-refractivity contribution in [3.8, 4) is 0 Å². The molecule has 2 fully saturated rings. The van der Waals surface area contributed by atoms with E-state index >= 15 is 0 Å². The van der Waals surface area contributed by atoms with Crippen LogP contribution in [0.5, 0.6) is 0 Å². The lowest BCUT2D eigenvalue weighted by Gasteiger charge is -2.38. The number of nitrogens with one attached hydrogen (secondary N) is 1. The van der Waals surface area contributed by atoms with Gasteiger partial charge in [0.1, 0.15) is 0 Å². The Balaban J connectivity index is 1.41. The summed E-state index contributed by atoms with van der Waals surface area (Å²) in [5.74, 6) is -0.322. The van der Waals surface area contributed by atoms with Crippen LogP contribution in [0.1, 0.15) is 28.9 Å². The van der Waals surface area contributed by atoms with Gasteiger partial charge in [-0.05, 0) is 30.7 Å². The van der Waals surface area contributed by atoms with Crippen molar-refractivity contribution in [2.75, 3.05) is 45.8 Å². The van der Waals surface area contributed by atoms with E-state index in [9.17, 15) is 14.4 Å². The normalized spacial score (nSPS) is 18.2. The standard InChI is InChI=1S/C17H24N4O3S/c22-15(13-18-16(23)14-5-4-12-25-14)19-8-10-21(11-9-19)17(24)20-6-2-1-3-7-20/h4-5,12H,1-3,6-11,13H2,(H,18,23). The zero-order chi connectivity index (χ0) is 17.6. The van der Waals surface area contributed by atoms with E-state index < -0.39 is 0 Å². The number of hydrogen-bond acceptors (Lipinski definition) is 4.